The van der Waals surface area contributed by atoms with Gasteiger partial charge >= 0.3 is 0 Å². The molecule has 0 radical (unpaired) electrons. The van der Waals surface area contributed by atoms with E-state index < -0.39 is 0 Å². The van der Waals surface area contributed by atoms with Gasteiger partial charge in [-0.1, -0.05) is 42.5 Å². The van der Waals surface area contributed by atoms with Gasteiger partial charge < -0.3 is 9.64 Å². The Balaban J connectivity index is 1.67. The van der Waals surface area contributed by atoms with Crippen LogP contribution in [0, 0.1) is 11.3 Å². The second-order valence-electron chi connectivity index (χ2n) is 6.52. The highest BCUT2D eigenvalue weighted by Crippen LogP contribution is 2.39. The summed E-state index contributed by atoms with van der Waals surface area (Å²) in [4.78, 5) is 2.45. The number of fused-ring (bicyclic) bond motifs is 1. The van der Waals surface area contributed by atoms with E-state index in [1.54, 1.807) is 7.11 Å². The van der Waals surface area contributed by atoms with E-state index >= 15 is 0 Å². The van der Waals surface area contributed by atoms with Crippen LogP contribution in [0.25, 0.3) is 11.1 Å². The van der Waals surface area contributed by atoms with Crippen LogP contribution in [-0.4, -0.2) is 13.7 Å². The summed E-state index contributed by atoms with van der Waals surface area (Å²) in [5, 5.41) is 9.03. The van der Waals surface area contributed by atoms with E-state index in [-0.39, 0.29) is 0 Å². The summed E-state index contributed by atoms with van der Waals surface area (Å²) in [7, 11) is 1.69. The molecule has 0 unspecified atom stereocenters. The Morgan fingerprint density at radius 2 is 1.77 bits per heavy atom. The highest BCUT2D eigenvalue weighted by atomic mass is 16.5. The van der Waals surface area contributed by atoms with Crippen molar-refractivity contribution in [3.05, 3.63) is 83.4 Å². The molecule has 0 amide bonds. The topological polar surface area (TPSA) is 36.3 Å². The third-order valence-electron chi connectivity index (χ3n) is 4.94. The second-order valence-corrected chi connectivity index (χ2v) is 6.52. The van der Waals surface area contributed by atoms with Crippen molar-refractivity contribution in [2.75, 3.05) is 18.6 Å². The molecule has 0 aromatic heterocycles. The van der Waals surface area contributed by atoms with Gasteiger partial charge in [-0.3, -0.25) is 0 Å². The lowest BCUT2D eigenvalue weighted by Gasteiger charge is -2.23. The third kappa shape index (κ3) is 3.02. The first-order valence-corrected chi connectivity index (χ1v) is 8.79. The molecule has 0 atom stereocenters. The summed E-state index contributed by atoms with van der Waals surface area (Å²) in [6, 6.07) is 24.8. The number of anilines is 1. The maximum atomic E-state index is 9.03. The van der Waals surface area contributed by atoms with Gasteiger partial charge in [-0.2, -0.15) is 5.26 Å². The minimum absolute atomic E-state index is 0.691. The zero-order valence-electron chi connectivity index (χ0n) is 14.8. The number of ether oxygens (including phenoxy) is 1. The molecule has 1 aliphatic heterocycles. The van der Waals surface area contributed by atoms with Crippen LogP contribution < -0.4 is 9.64 Å². The Labute approximate surface area is 154 Å². The van der Waals surface area contributed by atoms with Crippen LogP contribution in [0.3, 0.4) is 0 Å². The van der Waals surface area contributed by atoms with Crippen molar-refractivity contribution >= 4 is 5.69 Å². The average Bonchev–Trinajstić information content (AvgIpc) is 3.12. The molecule has 0 N–H and O–H groups in total. The van der Waals surface area contributed by atoms with Crippen LogP contribution >= 0.6 is 0 Å². The molecule has 4 rings (SSSR count). The first-order chi connectivity index (χ1) is 12.8. The van der Waals surface area contributed by atoms with Gasteiger partial charge in [0.2, 0.25) is 0 Å². The molecule has 0 aliphatic carbocycles. The van der Waals surface area contributed by atoms with Crippen LogP contribution in [0.1, 0.15) is 16.7 Å². The van der Waals surface area contributed by atoms with Crippen LogP contribution in [0.2, 0.25) is 0 Å². The summed E-state index contributed by atoms with van der Waals surface area (Å²) >= 11 is 0. The quantitative estimate of drug-likeness (QED) is 0.685. The predicted molar refractivity (Wildman–Crippen MR) is 104 cm³/mol. The van der Waals surface area contributed by atoms with E-state index in [1.165, 1.54) is 22.4 Å². The number of benzene rings is 3. The fraction of sp³-hybridized carbons (Fsp3) is 0.174. The highest BCUT2D eigenvalue weighted by molar-refractivity contribution is 5.82. The smallest absolute Gasteiger partial charge is 0.118 e. The number of nitrogens with zero attached hydrogens (tertiary/aromatic N) is 2. The van der Waals surface area contributed by atoms with E-state index in [0.29, 0.717) is 5.56 Å². The molecular weight excluding hydrogens is 320 g/mol. The number of nitriles is 1. The highest BCUT2D eigenvalue weighted by Gasteiger charge is 2.22. The van der Waals surface area contributed by atoms with Crippen molar-refractivity contribution in [1.82, 2.24) is 0 Å². The largest absolute Gasteiger partial charge is 0.497 e. The molecule has 26 heavy (non-hydrogen) atoms. The molecule has 3 aromatic rings. The molecule has 1 heterocycles. The number of methoxy groups -OCH3 is 1. The monoisotopic (exact) mass is 340 g/mol. The van der Waals surface area contributed by atoms with Gasteiger partial charge in [-0.25, -0.2) is 0 Å². The fourth-order valence-electron chi connectivity index (χ4n) is 3.60. The Morgan fingerprint density at radius 3 is 2.46 bits per heavy atom. The third-order valence-corrected chi connectivity index (χ3v) is 4.94. The molecule has 0 saturated carbocycles. The van der Waals surface area contributed by atoms with E-state index in [2.05, 4.69) is 41.3 Å². The average molecular weight is 340 g/mol. The molecule has 3 heteroatoms. The molecule has 0 spiro atoms. The van der Waals surface area contributed by atoms with Crippen molar-refractivity contribution in [3.8, 4) is 22.9 Å². The first-order valence-electron chi connectivity index (χ1n) is 8.79. The van der Waals surface area contributed by atoms with E-state index in [0.717, 1.165) is 30.8 Å². The Kier molecular flexibility index (Phi) is 4.33. The Morgan fingerprint density at radius 1 is 1.00 bits per heavy atom. The molecule has 0 saturated heterocycles. The van der Waals surface area contributed by atoms with Crippen molar-refractivity contribution < 1.29 is 4.74 Å². The fourth-order valence-corrected chi connectivity index (χ4v) is 3.60. The number of rotatable bonds is 4. The minimum Gasteiger partial charge on any atom is -0.497 e. The van der Waals surface area contributed by atoms with Gasteiger partial charge in [0.15, 0.2) is 0 Å². The van der Waals surface area contributed by atoms with Gasteiger partial charge in [0.05, 0.1) is 18.7 Å². The standard InChI is InChI=1S/C23H20N2O/c1-26-21-11-7-18(8-12-21)16-25-14-13-20-3-2-4-22(23(20)25)19-9-5-17(15-24)6-10-19/h2-12H,13-14,16H2,1H3. The predicted octanol–water partition coefficient (Wildman–Crippen LogP) is 4.80. The summed E-state index contributed by atoms with van der Waals surface area (Å²) in [6.07, 6.45) is 1.07. The summed E-state index contributed by atoms with van der Waals surface area (Å²) in [5.74, 6) is 0.883. The Hall–Kier alpha value is -3.25. The van der Waals surface area contributed by atoms with E-state index in [4.69, 9.17) is 10.00 Å². The molecular formula is C23H20N2O. The van der Waals surface area contributed by atoms with Gasteiger partial charge in [-0.15, -0.1) is 0 Å². The van der Waals surface area contributed by atoms with E-state index in [9.17, 15) is 0 Å². The van der Waals surface area contributed by atoms with E-state index in [1.807, 2.05) is 36.4 Å². The SMILES string of the molecule is COc1ccc(CN2CCc3cccc(-c4ccc(C#N)cc4)c32)cc1. The zero-order chi connectivity index (χ0) is 17.9. The molecule has 0 bridgehead atoms. The van der Waals surface area contributed by atoms with Crippen molar-refractivity contribution in [2.45, 2.75) is 13.0 Å². The lowest BCUT2D eigenvalue weighted by Crippen LogP contribution is -2.20. The second kappa shape index (κ2) is 6.93. The molecule has 128 valence electrons. The van der Waals surface area contributed by atoms with Crippen molar-refractivity contribution in [3.63, 3.8) is 0 Å². The summed E-state index contributed by atoms with van der Waals surface area (Å²) < 4.78 is 5.25. The normalized spacial score (nSPS) is 12.5. The molecule has 0 fully saturated rings. The summed E-state index contributed by atoms with van der Waals surface area (Å²) in [6.45, 7) is 1.90. The van der Waals surface area contributed by atoms with Crippen LogP contribution in [0.5, 0.6) is 5.75 Å². The maximum absolute atomic E-state index is 9.03. The van der Waals surface area contributed by atoms with Gasteiger partial charge in [0, 0.05) is 24.3 Å². The van der Waals surface area contributed by atoms with Gasteiger partial charge in [0.25, 0.3) is 0 Å². The number of hydrogen-bond donors (Lipinski definition) is 0. The lowest BCUT2D eigenvalue weighted by molar-refractivity contribution is 0.414. The number of hydrogen-bond acceptors (Lipinski definition) is 3. The lowest BCUT2D eigenvalue weighted by atomic mass is 9.99. The zero-order valence-corrected chi connectivity index (χ0v) is 14.8. The van der Waals surface area contributed by atoms with Crippen LogP contribution in [0.15, 0.2) is 66.7 Å². The Bertz CT molecular complexity index is 953. The van der Waals surface area contributed by atoms with Gasteiger partial charge in [-0.05, 0) is 47.4 Å². The van der Waals surface area contributed by atoms with Gasteiger partial charge in [0.1, 0.15) is 5.75 Å². The summed E-state index contributed by atoms with van der Waals surface area (Å²) in [5.41, 5.74) is 7.05. The van der Waals surface area contributed by atoms with Crippen LogP contribution in [0.4, 0.5) is 5.69 Å². The number of para-hydroxylation sites is 1. The maximum Gasteiger partial charge on any atom is 0.118 e. The van der Waals surface area contributed by atoms with Crippen molar-refractivity contribution in [1.29, 1.82) is 5.26 Å². The van der Waals surface area contributed by atoms with Crippen LogP contribution in [-0.2, 0) is 13.0 Å². The molecule has 3 aromatic carbocycles. The molecule has 3 nitrogen and oxygen atoms in total. The molecule has 1 aliphatic rings. The van der Waals surface area contributed by atoms with Crippen molar-refractivity contribution in [2.24, 2.45) is 0 Å². The first kappa shape index (κ1) is 16.2. The minimum atomic E-state index is 0.691.